The van der Waals surface area contributed by atoms with Crippen LogP contribution in [0.1, 0.15) is 31.5 Å². The summed E-state index contributed by atoms with van der Waals surface area (Å²) in [5.74, 6) is 1.33. The van der Waals surface area contributed by atoms with Crippen molar-refractivity contribution in [3.8, 4) is 0 Å². The highest BCUT2D eigenvalue weighted by atomic mass is 35.5. The average molecular weight is 185 g/mol. The van der Waals surface area contributed by atoms with Crippen LogP contribution >= 0.6 is 11.6 Å². The first-order valence-corrected chi connectivity index (χ1v) is 4.93. The van der Waals surface area contributed by atoms with Gasteiger partial charge >= 0.3 is 0 Å². The van der Waals surface area contributed by atoms with Crippen LogP contribution in [0.4, 0.5) is 0 Å². The minimum Gasteiger partial charge on any atom is -0.334 e. The van der Waals surface area contributed by atoms with E-state index >= 15 is 0 Å². The zero-order valence-electron chi connectivity index (χ0n) is 7.20. The van der Waals surface area contributed by atoms with Gasteiger partial charge in [0.2, 0.25) is 0 Å². The van der Waals surface area contributed by atoms with Gasteiger partial charge in [0.15, 0.2) is 0 Å². The number of hydrogen-bond acceptors (Lipinski definition) is 1. The van der Waals surface area contributed by atoms with Gasteiger partial charge in [-0.25, -0.2) is 4.98 Å². The molecule has 0 amide bonds. The minimum atomic E-state index is 0.522. The van der Waals surface area contributed by atoms with Crippen molar-refractivity contribution < 1.29 is 0 Å². The van der Waals surface area contributed by atoms with E-state index < -0.39 is 0 Å². The number of halogens is 1. The Kier molecular flexibility index (Phi) is 2.09. The molecule has 0 aliphatic heterocycles. The van der Waals surface area contributed by atoms with Gasteiger partial charge in [-0.3, -0.25) is 0 Å². The van der Waals surface area contributed by atoms with Crippen molar-refractivity contribution >= 4 is 11.6 Å². The smallest absolute Gasteiger partial charge is 0.0952 e. The number of hydrogen-bond donors (Lipinski definition) is 0. The lowest BCUT2D eigenvalue weighted by Gasteiger charge is -2.34. The summed E-state index contributed by atoms with van der Waals surface area (Å²) in [6, 6.07) is 0.675. The third kappa shape index (κ3) is 1.24. The molecule has 2 rings (SSSR count). The topological polar surface area (TPSA) is 17.8 Å². The maximum absolute atomic E-state index is 5.67. The van der Waals surface area contributed by atoms with Crippen molar-refractivity contribution in [1.82, 2.24) is 9.55 Å². The highest BCUT2D eigenvalue weighted by Gasteiger charge is 2.27. The van der Waals surface area contributed by atoms with E-state index in [0.717, 1.165) is 11.6 Å². The molecule has 1 fully saturated rings. The monoisotopic (exact) mass is 184 g/mol. The van der Waals surface area contributed by atoms with E-state index in [1.165, 1.54) is 12.8 Å². The number of aromatic nitrogens is 2. The lowest BCUT2D eigenvalue weighted by Crippen LogP contribution is -2.25. The molecule has 0 spiro atoms. The number of imidazole rings is 1. The van der Waals surface area contributed by atoms with Crippen molar-refractivity contribution in [3.63, 3.8) is 0 Å². The van der Waals surface area contributed by atoms with Crippen LogP contribution in [0.25, 0.3) is 0 Å². The first-order valence-electron chi connectivity index (χ1n) is 4.39. The molecule has 12 heavy (non-hydrogen) atoms. The van der Waals surface area contributed by atoms with Crippen LogP contribution in [0.3, 0.4) is 0 Å². The van der Waals surface area contributed by atoms with Gasteiger partial charge < -0.3 is 4.57 Å². The maximum Gasteiger partial charge on any atom is 0.0952 e. The van der Waals surface area contributed by atoms with Crippen molar-refractivity contribution in [2.24, 2.45) is 5.92 Å². The van der Waals surface area contributed by atoms with Crippen molar-refractivity contribution in [2.45, 2.75) is 31.7 Å². The summed E-state index contributed by atoms with van der Waals surface area (Å²) in [4.78, 5) is 4.20. The first-order chi connectivity index (χ1) is 5.81. The number of nitrogens with zero attached hydrogens (tertiary/aromatic N) is 2. The molecule has 0 aromatic carbocycles. The summed E-state index contributed by atoms with van der Waals surface area (Å²) in [5.41, 5.74) is 0.982. The molecule has 0 saturated heterocycles. The van der Waals surface area contributed by atoms with Gasteiger partial charge in [-0.05, 0) is 18.8 Å². The second-order valence-electron chi connectivity index (χ2n) is 3.57. The molecule has 1 saturated carbocycles. The second kappa shape index (κ2) is 3.09. The molecule has 1 aromatic heterocycles. The largest absolute Gasteiger partial charge is 0.334 e. The summed E-state index contributed by atoms with van der Waals surface area (Å²) in [6.45, 7) is 2.29. The zero-order valence-corrected chi connectivity index (χ0v) is 7.96. The molecule has 3 heteroatoms. The molecule has 2 unspecified atom stereocenters. The molecule has 0 bridgehead atoms. The Bertz CT molecular complexity index is 269. The molecular formula is C9H13ClN2. The average Bonchev–Trinajstić information content (AvgIpc) is 2.50. The van der Waals surface area contributed by atoms with Crippen LogP contribution < -0.4 is 0 Å². The Morgan fingerprint density at radius 3 is 2.92 bits per heavy atom. The highest BCUT2D eigenvalue weighted by Crippen LogP contribution is 2.37. The van der Waals surface area contributed by atoms with Crippen LogP contribution in [0.5, 0.6) is 0 Å². The fraction of sp³-hybridized carbons (Fsp3) is 0.667. The molecule has 1 aliphatic carbocycles. The maximum atomic E-state index is 5.67. The molecule has 0 N–H and O–H groups in total. The quantitative estimate of drug-likeness (QED) is 0.647. The summed E-state index contributed by atoms with van der Waals surface area (Å²) < 4.78 is 2.20. The van der Waals surface area contributed by atoms with E-state index in [1.54, 1.807) is 0 Å². The Labute approximate surface area is 77.6 Å². The van der Waals surface area contributed by atoms with Gasteiger partial charge in [0.05, 0.1) is 17.9 Å². The van der Waals surface area contributed by atoms with E-state index in [0.29, 0.717) is 11.9 Å². The van der Waals surface area contributed by atoms with Gasteiger partial charge in [0, 0.05) is 12.2 Å². The third-order valence-corrected chi connectivity index (χ3v) is 3.02. The van der Waals surface area contributed by atoms with Crippen LogP contribution in [0, 0.1) is 5.92 Å². The lowest BCUT2D eigenvalue weighted by molar-refractivity contribution is 0.201. The number of alkyl halides is 1. The Morgan fingerprint density at radius 2 is 2.50 bits per heavy atom. The molecule has 2 nitrogen and oxygen atoms in total. The molecule has 2 atom stereocenters. The molecular weight excluding hydrogens is 172 g/mol. The Hall–Kier alpha value is -0.500. The summed E-state index contributed by atoms with van der Waals surface area (Å²) in [7, 11) is 0. The van der Waals surface area contributed by atoms with E-state index in [-0.39, 0.29) is 0 Å². The van der Waals surface area contributed by atoms with E-state index in [2.05, 4.69) is 22.7 Å². The Balaban J connectivity index is 2.12. The zero-order chi connectivity index (χ0) is 8.55. The van der Waals surface area contributed by atoms with Crippen molar-refractivity contribution in [3.05, 3.63) is 18.2 Å². The molecule has 1 aliphatic rings. The molecule has 66 valence electrons. The van der Waals surface area contributed by atoms with Gasteiger partial charge in [-0.2, -0.15) is 0 Å². The lowest BCUT2D eigenvalue weighted by atomic mass is 9.81. The van der Waals surface area contributed by atoms with Crippen molar-refractivity contribution in [1.29, 1.82) is 0 Å². The third-order valence-electron chi connectivity index (χ3n) is 2.75. The number of rotatable bonds is 2. The van der Waals surface area contributed by atoms with E-state index in [4.69, 9.17) is 11.6 Å². The van der Waals surface area contributed by atoms with Crippen LogP contribution in [0.2, 0.25) is 0 Å². The summed E-state index contributed by atoms with van der Waals surface area (Å²) >= 11 is 5.67. The summed E-state index contributed by atoms with van der Waals surface area (Å²) in [5, 5.41) is 0. The van der Waals surface area contributed by atoms with Gasteiger partial charge in [-0.1, -0.05) is 6.92 Å². The predicted molar refractivity (Wildman–Crippen MR) is 49.2 cm³/mol. The van der Waals surface area contributed by atoms with E-state index in [1.807, 2.05) is 6.33 Å². The highest BCUT2D eigenvalue weighted by molar-refractivity contribution is 6.16. The van der Waals surface area contributed by atoms with Gasteiger partial charge in [0.25, 0.3) is 0 Å². The minimum absolute atomic E-state index is 0.522. The van der Waals surface area contributed by atoms with E-state index in [9.17, 15) is 0 Å². The predicted octanol–water partition coefficient (Wildman–Crippen LogP) is 2.59. The first kappa shape index (κ1) is 8.11. The Morgan fingerprint density at radius 1 is 1.67 bits per heavy atom. The fourth-order valence-electron chi connectivity index (χ4n) is 1.72. The SMILES string of the molecule is CC1CCC1n1cnc(CCl)c1. The molecule has 0 radical (unpaired) electrons. The second-order valence-corrected chi connectivity index (χ2v) is 3.84. The van der Waals surface area contributed by atoms with Gasteiger partial charge in [0.1, 0.15) is 0 Å². The van der Waals surface area contributed by atoms with Crippen LogP contribution in [-0.4, -0.2) is 9.55 Å². The summed E-state index contributed by atoms with van der Waals surface area (Å²) in [6.07, 6.45) is 6.60. The van der Waals surface area contributed by atoms with Crippen LogP contribution in [-0.2, 0) is 5.88 Å². The normalized spacial score (nSPS) is 28.5. The standard InChI is InChI=1S/C9H13ClN2/c1-7-2-3-9(7)12-5-8(4-10)11-6-12/h5-7,9H,2-4H2,1H3. The van der Waals surface area contributed by atoms with Gasteiger partial charge in [-0.15, -0.1) is 11.6 Å². The fourth-order valence-corrected chi connectivity index (χ4v) is 1.86. The molecule has 1 aromatic rings. The van der Waals surface area contributed by atoms with Crippen LogP contribution in [0.15, 0.2) is 12.5 Å². The van der Waals surface area contributed by atoms with Crippen molar-refractivity contribution in [2.75, 3.05) is 0 Å². The molecule has 1 heterocycles.